The summed E-state index contributed by atoms with van der Waals surface area (Å²) in [6.07, 6.45) is 3.24. The molecule has 0 bridgehead atoms. The van der Waals surface area contributed by atoms with Crippen LogP contribution in [0.2, 0.25) is 5.02 Å². The fraction of sp³-hybridized carbons (Fsp3) is 0.250. The molecule has 1 aliphatic heterocycles. The molecule has 1 saturated heterocycles. The number of halogens is 1. The number of nitrogens with one attached hydrogen (secondary N) is 2. The lowest BCUT2D eigenvalue weighted by Crippen LogP contribution is -2.47. The summed E-state index contributed by atoms with van der Waals surface area (Å²) in [4.78, 5) is 34.0. The monoisotopic (exact) mass is 377 g/mol. The highest BCUT2D eigenvalue weighted by Crippen LogP contribution is 2.21. The van der Waals surface area contributed by atoms with Gasteiger partial charge in [0.1, 0.15) is 0 Å². The molecule has 0 unspecified atom stereocenters. The minimum Gasteiger partial charge on any atom is -0.360 e. The standard InChI is InChI=1S/C16H16ClN5O2S/c1-25-16-19-8-12(17)14(21-16)15(24)20-10-2-4-11(5-3-10)22-7-6-18-13(23)9-22/h2-5,8H,6-7,9H2,1H3,(H,18,23)(H,20,24). The van der Waals surface area contributed by atoms with Gasteiger partial charge in [0.05, 0.1) is 17.8 Å². The van der Waals surface area contributed by atoms with E-state index in [4.69, 9.17) is 11.6 Å². The van der Waals surface area contributed by atoms with Crippen LogP contribution in [0.15, 0.2) is 35.6 Å². The predicted octanol–water partition coefficient (Wildman–Crippen LogP) is 2.04. The second kappa shape index (κ2) is 7.71. The SMILES string of the molecule is CSc1ncc(Cl)c(C(=O)Nc2ccc(N3CCNC(=O)C3)cc2)n1. The van der Waals surface area contributed by atoms with E-state index in [9.17, 15) is 9.59 Å². The van der Waals surface area contributed by atoms with E-state index < -0.39 is 5.91 Å². The first kappa shape index (κ1) is 17.5. The van der Waals surface area contributed by atoms with E-state index in [0.717, 1.165) is 12.2 Å². The molecule has 1 fully saturated rings. The maximum atomic E-state index is 12.4. The second-order valence-corrected chi connectivity index (χ2v) is 6.51. The average Bonchev–Trinajstić information content (AvgIpc) is 2.62. The van der Waals surface area contributed by atoms with Crippen molar-refractivity contribution in [2.45, 2.75) is 5.16 Å². The smallest absolute Gasteiger partial charge is 0.275 e. The molecule has 3 rings (SSSR count). The van der Waals surface area contributed by atoms with E-state index in [-0.39, 0.29) is 16.6 Å². The molecule has 1 aromatic heterocycles. The number of piperazine rings is 1. The van der Waals surface area contributed by atoms with Crippen molar-refractivity contribution in [3.05, 3.63) is 41.2 Å². The Morgan fingerprint density at radius 3 is 2.80 bits per heavy atom. The summed E-state index contributed by atoms with van der Waals surface area (Å²) in [5.41, 5.74) is 1.69. The maximum Gasteiger partial charge on any atom is 0.275 e. The molecule has 0 aliphatic carbocycles. The van der Waals surface area contributed by atoms with Crippen molar-refractivity contribution in [1.29, 1.82) is 0 Å². The van der Waals surface area contributed by atoms with Gasteiger partial charge < -0.3 is 15.5 Å². The minimum atomic E-state index is -0.396. The van der Waals surface area contributed by atoms with Crippen LogP contribution in [0.25, 0.3) is 0 Å². The number of thioether (sulfide) groups is 1. The van der Waals surface area contributed by atoms with Crippen molar-refractivity contribution in [3.63, 3.8) is 0 Å². The van der Waals surface area contributed by atoms with Gasteiger partial charge in [-0.05, 0) is 30.5 Å². The van der Waals surface area contributed by atoms with E-state index >= 15 is 0 Å². The molecular formula is C16H16ClN5O2S. The molecule has 2 heterocycles. The lowest BCUT2D eigenvalue weighted by molar-refractivity contribution is -0.120. The summed E-state index contributed by atoms with van der Waals surface area (Å²) in [7, 11) is 0. The molecule has 0 spiro atoms. The zero-order valence-corrected chi connectivity index (χ0v) is 15.0. The van der Waals surface area contributed by atoms with Crippen LogP contribution in [-0.2, 0) is 4.79 Å². The number of carbonyl (C=O) groups excluding carboxylic acids is 2. The Morgan fingerprint density at radius 1 is 1.36 bits per heavy atom. The van der Waals surface area contributed by atoms with Gasteiger partial charge in [-0.3, -0.25) is 9.59 Å². The van der Waals surface area contributed by atoms with Crippen LogP contribution in [0.5, 0.6) is 0 Å². The molecule has 2 N–H and O–H groups in total. The fourth-order valence-electron chi connectivity index (χ4n) is 2.41. The van der Waals surface area contributed by atoms with Gasteiger partial charge in [-0.2, -0.15) is 0 Å². The molecule has 2 amide bonds. The quantitative estimate of drug-likeness (QED) is 0.626. The van der Waals surface area contributed by atoms with E-state index in [0.29, 0.717) is 23.9 Å². The Kier molecular flexibility index (Phi) is 5.40. The van der Waals surface area contributed by atoms with Gasteiger partial charge in [0, 0.05) is 24.5 Å². The van der Waals surface area contributed by atoms with Gasteiger partial charge >= 0.3 is 0 Å². The normalized spacial score (nSPS) is 14.2. The number of hydrogen-bond donors (Lipinski definition) is 2. The molecule has 7 nitrogen and oxygen atoms in total. The largest absolute Gasteiger partial charge is 0.360 e. The molecule has 130 valence electrons. The van der Waals surface area contributed by atoms with Crippen LogP contribution in [-0.4, -0.2) is 47.7 Å². The number of anilines is 2. The molecule has 0 atom stereocenters. The lowest BCUT2D eigenvalue weighted by atomic mass is 10.2. The van der Waals surface area contributed by atoms with E-state index in [1.54, 1.807) is 12.1 Å². The van der Waals surface area contributed by atoms with Gasteiger partial charge in [-0.1, -0.05) is 23.4 Å². The number of hydrogen-bond acceptors (Lipinski definition) is 6. The number of nitrogens with zero attached hydrogens (tertiary/aromatic N) is 3. The third-order valence-electron chi connectivity index (χ3n) is 3.65. The minimum absolute atomic E-state index is 0.00614. The number of amides is 2. The Labute approximate surface area is 154 Å². The van der Waals surface area contributed by atoms with Crippen LogP contribution >= 0.6 is 23.4 Å². The zero-order valence-electron chi connectivity index (χ0n) is 13.5. The molecule has 1 aromatic carbocycles. The summed E-state index contributed by atoms with van der Waals surface area (Å²) in [6, 6.07) is 7.29. The van der Waals surface area contributed by atoms with Gasteiger partial charge in [0.25, 0.3) is 5.91 Å². The Morgan fingerprint density at radius 2 is 2.12 bits per heavy atom. The topological polar surface area (TPSA) is 87.2 Å². The number of aromatic nitrogens is 2. The number of rotatable bonds is 4. The van der Waals surface area contributed by atoms with Crippen LogP contribution in [0, 0.1) is 0 Å². The van der Waals surface area contributed by atoms with Crippen molar-refractivity contribution in [1.82, 2.24) is 15.3 Å². The van der Waals surface area contributed by atoms with Crippen molar-refractivity contribution >= 4 is 46.6 Å². The number of carbonyl (C=O) groups is 2. The first-order chi connectivity index (χ1) is 12.1. The Hall–Kier alpha value is -2.32. The highest BCUT2D eigenvalue weighted by Gasteiger charge is 2.17. The summed E-state index contributed by atoms with van der Waals surface area (Å²) < 4.78 is 0. The summed E-state index contributed by atoms with van der Waals surface area (Å²) in [6.45, 7) is 1.71. The molecule has 0 radical (unpaired) electrons. The van der Waals surface area contributed by atoms with Crippen LogP contribution in [0.1, 0.15) is 10.5 Å². The highest BCUT2D eigenvalue weighted by atomic mass is 35.5. The predicted molar refractivity (Wildman–Crippen MR) is 98.4 cm³/mol. The van der Waals surface area contributed by atoms with E-state index in [1.807, 2.05) is 23.3 Å². The zero-order chi connectivity index (χ0) is 17.8. The summed E-state index contributed by atoms with van der Waals surface area (Å²) in [5, 5.41) is 6.24. The molecule has 2 aromatic rings. The van der Waals surface area contributed by atoms with Gasteiger partial charge in [0.15, 0.2) is 10.9 Å². The molecule has 9 heteroatoms. The lowest BCUT2D eigenvalue weighted by Gasteiger charge is -2.28. The first-order valence-electron chi connectivity index (χ1n) is 7.56. The third kappa shape index (κ3) is 4.21. The highest BCUT2D eigenvalue weighted by molar-refractivity contribution is 7.98. The van der Waals surface area contributed by atoms with Crippen molar-refractivity contribution in [3.8, 4) is 0 Å². The van der Waals surface area contributed by atoms with Gasteiger partial charge in [-0.25, -0.2) is 9.97 Å². The van der Waals surface area contributed by atoms with Gasteiger partial charge in [0.2, 0.25) is 5.91 Å². The Balaban J connectivity index is 1.71. The maximum absolute atomic E-state index is 12.4. The van der Waals surface area contributed by atoms with Gasteiger partial charge in [-0.15, -0.1) is 0 Å². The van der Waals surface area contributed by atoms with Crippen molar-refractivity contribution in [2.75, 3.05) is 36.1 Å². The average molecular weight is 378 g/mol. The molecule has 0 saturated carbocycles. The van der Waals surface area contributed by atoms with Crippen molar-refractivity contribution < 1.29 is 9.59 Å². The third-order valence-corrected chi connectivity index (χ3v) is 4.49. The van der Waals surface area contributed by atoms with Crippen LogP contribution < -0.4 is 15.5 Å². The second-order valence-electron chi connectivity index (χ2n) is 5.33. The first-order valence-corrected chi connectivity index (χ1v) is 9.16. The summed E-state index contributed by atoms with van der Waals surface area (Å²) >= 11 is 7.35. The number of benzene rings is 1. The van der Waals surface area contributed by atoms with Crippen LogP contribution in [0.4, 0.5) is 11.4 Å². The summed E-state index contributed by atoms with van der Waals surface area (Å²) in [5.74, 6) is -0.389. The van der Waals surface area contributed by atoms with E-state index in [1.165, 1.54) is 18.0 Å². The fourth-order valence-corrected chi connectivity index (χ4v) is 2.93. The molecule has 1 aliphatic rings. The van der Waals surface area contributed by atoms with Crippen LogP contribution in [0.3, 0.4) is 0 Å². The van der Waals surface area contributed by atoms with E-state index in [2.05, 4.69) is 20.6 Å². The molecule has 25 heavy (non-hydrogen) atoms. The Bertz CT molecular complexity index is 800. The van der Waals surface area contributed by atoms with Crippen molar-refractivity contribution in [2.24, 2.45) is 0 Å². The molecular weight excluding hydrogens is 362 g/mol.